The molecule has 0 atom stereocenters. The van der Waals surface area contributed by atoms with Crippen molar-refractivity contribution in [3.8, 4) is 0 Å². The van der Waals surface area contributed by atoms with E-state index in [0.29, 0.717) is 19.3 Å². The number of guanidine groups is 1. The maximum Gasteiger partial charge on any atom is 0.191 e. The van der Waals surface area contributed by atoms with Gasteiger partial charge in [0.15, 0.2) is 5.96 Å². The van der Waals surface area contributed by atoms with Crippen LogP contribution in [0.15, 0.2) is 4.99 Å². The Morgan fingerprint density at radius 3 is 2.52 bits per heavy atom. The van der Waals surface area contributed by atoms with E-state index in [1.54, 1.807) is 7.11 Å². The van der Waals surface area contributed by atoms with E-state index in [1.165, 1.54) is 6.42 Å². The highest BCUT2D eigenvalue weighted by Crippen LogP contribution is 1.97. The van der Waals surface area contributed by atoms with Crippen LogP contribution >= 0.6 is 0 Å². The molecule has 0 aromatic carbocycles. The Hall–Kier alpha value is -0.850. The average Bonchev–Trinajstić information content (AvgIpc) is 2.53. The summed E-state index contributed by atoms with van der Waals surface area (Å²) in [5, 5.41) is 6.67. The maximum atomic E-state index is 5.43. The molecule has 0 bridgehead atoms. The van der Waals surface area contributed by atoms with Gasteiger partial charge in [0.1, 0.15) is 0 Å². The van der Waals surface area contributed by atoms with Gasteiger partial charge in [-0.2, -0.15) is 0 Å². The van der Waals surface area contributed by atoms with Gasteiger partial charge in [0.2, 0.25) is 0 Å². The van der Waals surface area contributed by atoms with E-state index in [9.17, 15) is 0 Å². The second kappa shape index (κ2) is 16.0. The first-order valence-corrected chi connectivity index (χ1v) is 8.90. The zero-order valence-corrected chi connectivity index (χ0v) is 15.9. The number of rotatable bonds is 14. The van der Waals surface area contributed by atoms with Crippen LogP contribution in [0.4, 0.5) is 0 Å². The summed E-state index contributed by atoms with van der Waals surface area (Å²) >= 11 is 0. The van der Waals surface area contributed by atoms with Crippen molar-refractivity contribution in [1.82, 2.24) is 15.5 Å². The van der Waals surface area contributed by atoms with E-state index in [2.05, 4.69) is 48.3 Å². The molecule has 0 aromatic heterocycles. The number of aliphatic imine (C=N–C) groups is 1. The normalized spacial score (nSPS) is 12.2. The van der Waals surface area contributed by atoms with Crippen LogP contribution in [0, 0.1) is 0 Å². The minimum Gasteiger partial charge on any atom is -0.382 e. The molecule has 0 aliphatic carbocycles. The highest BCUT2D eigenvalue weighted by atomic mass is 16.5. The van der Waals surface area contributed by atoms with E-state index in [1.807, 2.05) is 0 Å². The summed E-state index contributed by atoms with van der Waals surface area (Å²) in [5.74, 6) is 0.904. The molecule has 0 radical (unpaired) electrons. The van der Waals surface area contributed by atoms with E-state index in [4.69, 9.17) is 9.47 Å². The topological polar surface area (TPSA) is 58.1 Å². The summed E-state index contributed by atoms with van der Waals surface area (Å²) < 4.78 is 10.4. The van der Waals surface area contributed by atoms with Crippen molar-refractivity contribution in [2.75, 3.05) is 60.2 Å². The number of nitrogens with zero attached hydrogens (tertiary/aromatic N) is 2. The zero-order chi connectivity index (χ0) is 17.3. The zero-order valence-electron chi connectivity index (χ0n) is 15.9. The first kappa shape index (κ1) is 22.1. The maximum absolute atomic E-state index is 5.43. The third-order valence-electron chi connectivity index (χ3n) is 3.60. The second-order valence-electron chi connectivity index (χ2n) is 5.93. The average molecular weight is 331 g/mol. The standard InChI is InChI=1S/C17H38N4O2/c1-6-18-17(20-11-9-13-23-15-14-22-5)19-10-7-8-12-21(4)16(2)3/h16H,6-15H2,1-5H3,(H2,18,19,20). The molecule has 23 heavy (non-hydrogen) atoms. The molecule has 0 aromatic rings. The summed E-state index contributed by atoms with van der Waals surface area (Å²) in [7, 11) is 3.86. The van der Waals surface area contributed by atoms with Crippen molar-refractivity contribution in [3.63, 3.8) is 0 Å². The molecule has 0 heterocycles. The monoisotopic (exact) mass is 330 g/mol. The van der Waals surface area contributed by atoms with Crippen molar-refractivity contribution in [3.05, 3.63) is 0 Å². The molecule has 0 aliphatic heterocycles. The number of hydrogen-bond acceptors (Lipinski definition) is 4. The van der Waals surface area contributed by atoms with Gasteiger partial charge in [0, 0.05) is 39.4 Å². The minimum absolute atomic E-state index is 0.618. The molecule has 6 nitrogen and oxygen atoms in total. The Kier molecular flexibility index (Phi) is 15.4. The lowest BCUT2D eigenvalue weighted by Crippen LogP contribution is -2.38. The molecule has 0 saturated heterocycles. The SMILES string of the molecule is CCNC(=NCCCOCCOC)NCCCCN(C)C(C)C. The highest BCUT2D eigenvalue weighted by Gasteiger charge is 2.02. The van der Waals surface area contributed by atoms with Gasteiger partial charge >= 0.3 is 0 Å². The quantitative estimate of drug-likeness (QED) is 0.288. The predicted octanol–water partition coefficient (Wildman–Crippen LogP) is 1.72. The lowest BCUT2D eigenvalue weighted by molar-refractivity contribution is 0.0702. The summed E-state index contributed by atoms with van der Waals surface area (Å²) in [4.78, 5) is 6.94. The fraction of sp³-hybridized carbons (Fsp3) is 0.941. The Labute approximate surface area is 143 Å². The summed E-state index contributed by atoms with van der Waals surface area (Å²) in [6, 6.07) is 0.618. The van der Waals surface area contributed by atoms with Crippen LogP contribution in [-0.2, 0) is 9.47 Å². The molecule has 0 fully saturated rings. The smallest absolute Gasteiger partial charge is 0.191 e. The van der Waals surface area contributed by atoms with Crippen molar-refractivity contribution in [1.29, 1.82) is 0 Å². The number of unbranched alkanes of at least 4 members (excludes halogenated alkanes) is 1. The van der Waals surface area contributed by atoms with Crippen LogP contribution in [0.3, 0.4) is 0 Å². The Morgan fingerprint density at radius 2 is 1.87 bits per heavy atom. The number of hydrogen-bond donors (Lipinski definition) is 2. The number of ether oxygens (including phenoxy) is 2. The molecule has 0 saturated carbocycles. The van der Waals surface area contributed by atoms with E-state index in [-0.39, 0.29) is 0 Å². The summed E-state index contributed by atoms with van der Waals surface area (Å²) in [6.45, 7) is 12.3. The fourth-order valence-corrected chi connectivity index (χ4v) is 1.89. The van der Waals surface area contributed by atoms with Crippen molar-refractivity contribution < 1.29 is 9.47 Å². The Bertz CT molecular complexity index is 286. The van der Waals surface area contributed by atoms with Gasteiger partial charge in [-0.15, -0.1) is 0 Å². The van der Waals surface area contributed by atoms with Crippen molar-refractivity contribution >= 4 is 5.96 Å². The molecule has 0 rings (SSSR count). The van der Waals surface area contributed by atoms with E-state index >= 15 is 0 Å². The Morgan fingerprint density at radius 1 is 1.09 bits per heavy atom. The van der Waals surface area contributed by atoms with Gasteiger partial charge in [-0.3, -0.25) is 4.99 Å². The van der Waals surface area contributed by atoms with Crippen molar-refractivity contribution in [2.24, 2.45) is 4.99 Å². The second-order valence-corrected chi connectivity index (χ2v) is 5.93. The van der Waals surface area contributed by atoms with Gasteiger partial charge in [-0.05, 0) is 53.6 Å². The molecule has 0 unspecified atom stereocenters. The summed E-state index contributed by atoms with van der Waals surface area (Å²) in [6.07, 6.45) is 3.29. The van der Waals surface area contributed by atoms with Crippen LogP contribution in [-0.4, -0.2) is 77.1 Å². The number of nitrogens with one attached hydrogen (secondary N) is 2. The highest BCUT2D eigenvalue weighted by molar-refractivity contribution is 5.79. The van der Waals surface area contributed by atoms with E-state index in [0.717, 1.165) is 51.6 Å². The first-order valence-electron chi connectivity index (χ1n) is 8.90. The van der Waals surface area contributed by atoms with E-state index < -0.39 is 0 Å². The van der Waals surface area contributed by atoms with Crippen molar-refractivity contribution in [2.45, 2.75) is 46.1 Å². The molecular weight excluding hydrogens is 292 g/mol. The lowest BCUT2D eigenvalue weighted by Gasteiger charge is -2.20. The molecule has 138 valence electrons. The minimum atomic E-state index is 0.618. The van der Waals surface area contributed by atoms with Gasteiger partial charge in [0.05, 0.1) is 13.2 Å². The molecule has 2 N–H and O–H groups in total. The predicted molar refractivity (Wildman–Crippen MR) is 98.3 cm³/mol. The van der Waals surface area contributed by atoms with Crippen LogP contribution < -0.4 is 10.6 Å². The fourth-order valence-electron chi connectivity index (χ4n) is 1.89. The molecule has 0 amide bonds. The first-order chi connectivity index (χ1) is 11.1. The van der Waals surface area contributed by atoms with Gasteiger partial charge in [0.25, 0.3) is 0 Å². The van der Waals surface area contributed by atoms with Crippen LogP contribution in [0.1, 0.15) is 40.0 Å². The van der Waals surface area contributed by atoms with Gasteiger partial charge in [-0.25, -0.2) is 0 Å². The Balaban J connectivity index is 3.73. The van der Waals surface area contributed by atoms with Gasteiger partial charge < -0.3 is 25.0 Å². The third-order valence-corrected chi connectivity index (χ3v) is 3.60. The van der Waals surface area contributed by atoms with Crippen LogP contribution in [0.5, 0.6) is 0 Å². The third kappa shape index (κ3) is 14.5. The number of methoxy groups -OCH3 is 1. The largest absolute Gasteiger partial charge is 0.382 e. The molecular formula is C17H38N4O2. The summed E-state index contributed by atoms with van der Waals surface area (Å²) in [5.41, 5.74) is 0. The van der Waals surface area contributed by atoms with Crippen LogP contribution in [0.25, 0.3) is 0 Å². The lowest BCUT2D eigenvalue weighted by atomic mass is 10.2. The van der Waals surface area contributed by atoms with Gasteiger partial charge in [-0.1, -0.05) is 0 Å². The van der Waals surface area contributed by atoms with Crippen LogP contribution in [0.2, 0.25) is 0 Å². The molecule has 0 spiro atoms. The molecule has 6 heteroatoms. The molecule has 0 aliphatic rings.